The van der Waals surface area contributed by atoms with E-state index in [2.05, 4.69) is 15.0 Å². The number of carbonyl (C=O) groups is 1. The Balaban J connectivity index is 2.39. The van der Waals surface area contributed by atoms with Crippen LogP contribution in [0.2, 0.25) is 0 Å². The summed E-state index contributed by atoms with van der Waals surface area (Å²) in [6.07, 6.45) is 1.54. The number of carbonyl (C=O) groups excluding carboxylic acids is 1. The molecule has 1 aromatic rings. The lowest BCUT2D eigenvalue weighted by atomic mass is 10.3. The Morgan fingerprint density at radius 2 is 2.69 bits per heavy atom. The number of nitriles is 1. The maximum absolute atomic E-state index is 11.1. The van der Waals surface area contributed by atoms with Crippen LogP contribution in [0.15, 0.2) is 16.9 Å². The smallest absolute Gasteiger partial charge is 0.227 e. The molecule has 0 saturated heterocycles. The van der Waals surface area contributed by atoms with Crippen LogP contribution in [0.25, 0.3) is 0 Å². The van der Waals surface area contributed by atoms with Crippen molar-refractivity contribution in [2.24, 2.45) is 0 Å². The van der Waals surface area contributed by atoms with Gasteiger partial charge in [-0.2, -0.15) is 5.26 Å². The summed E-state index contributed by atoms with van der Waals surface area (Å²) in [5, 5.41) is 14.5. The Morgan fingerprint density at radius 3 is 3.23 bits per heavy atom. The number of aromatic nitrogens is 1. The summed E-state index contributed by atoms with van der Waals surface area (Å²) in [7, 11) is 0. The minimum Gasteiger partial charge on any atom is -0.364 e. The van der Waals surface area contributed by atoms with Gasteiger partial charge < -0.3 is 9.84 Å². The Kier molecular flexibility index (Phi) is 3.03. The molecule has 1 aromatic heterocycles. The monoisotopic (exact) mass is 179 g/mol. The van der Waals surface area contributed by atoms with Crippen LogP contribution >= 0.6 is 0 Å². The van der Waals surface area contributed by atoms with Crippen molar-refractivity contribution in [2.75, 3.05) is 0 Å². The van der Waals surface area contributed by atoms with Crippen LogP contribution in [-0.2, 0) is 11.2 Å². The fraction of sp³-hybridized carbons (Fsp3) is 0.375. The Bertz CT molecular complexity index is 313. The molecule has 5 nitrogen and oxygen atoms in total. The lowest BCUT2D eigenvalue weighted by Gasteiger charge is -2.03. The van der Waals surface area contributed by atoms with Crippen molar-refractivity contribution < 1.29 is 9.32 Å². The third-order valence-corrected chi connectivity index (χ3v) is 1.40. The predicted molar refractivity (Wildman–Crippen MR) is 43.4 cm³/mol. The molecular formula is C8H9N3O2. The second-order valence-electron chi connectivity index (χ2n) is 2.59. The molecule has 0 aromatic carbocycles. The molecule has 0 aliphatic heterocycles. The van der Waals surface area contributed by atoms with Gasteiger partial charge in [0.05, 0.1) is 18.2 Å². The molecular weight excluding hydrogens is 170 g/mol. The summed E-state index contributed by atoms with van der Waals surface area (Å²) in [5.41, 5.74) is 0.558. The van der Waals surface area contributed by atoms with Gasteiger partial charge in [-0.05, 0) is 6.92 Å². The highest BCUT2D eigenvalue weighted by atomic mass is 16.5. The second kappa shape index (κ2) is 4.26. The van der Waals surface area contributed by atoms with Crippen LogP contribution in [0.1, 0.15) is 12.6 Å². The predicted octanol–water partition coefficient (Wildman–Crippen LogP) is 0.245. The highest BCUT2D eigenvalue weighted by Crippen LogP contribution is 1.95. The third-order valence-electron chi connectivity index (χ3n) is 1.40. The van der Waals surface area contributed by atoms with E-state index in [1.54, 1.807) is 13.0 Å². The third kappa shape index (κ3) is 2.95. The molecule has 1 heterocycles. The van der Waals surface area contributed by atoms with Gasteiger partial charge in [0.15, 0.2) is 0 Å². The quantitative estimate of drug-likeness (QED) is 0.721. The van der Waals surface area contributed by atoms with Crippen molar-refractivity contribution in [3.05, 3.63) is 18.0 Å². The zero-order chi connectivity index (χ0) is 9.68. The first kappa shape index (κ1) is 9.26. The van der Waals surface area contributed by atoms with E-state index in [4.69, 9.17) is 5.26 Å². The van der Waals surface area contributed by atoms with Gasteiger partial charge >= 0.3 is 0 Å². The van der Waals surface area contributed by atoms with E-state index in [1.807, 2.05) is 6.07 Å². The average molecular weight is 179 g/mol. The topological polar surface area (TPSA) is 78.9 Å². The molecule has 1 rings (SSSR count). The molecule has 0 aliphatic carbocycles. The number of nitrogens with zero attached hydrogens (tertiary/aromatic N) is 2. The van der Waals surface area contributed by atoms with Gasteiger partial charge in [0.2, 0.25) is 5.91 Å². The van der Waals surface area contributed by atoms with Crippen LogP contribution in [-0.4, -0.2) is 17.1 Å². The number of rotatable bonds is 3. The van der Waals surface area contributed by atoms with Gasteiger partial charge in [0.25, 0.3) is 0 Å². The lowest BCUT2D eigenvalue weighted by Crippen LogP contribution is -2.32. The maximum Gasteiger partial charge on any atom is 0.227 e. The molecule has 5 heteroatoms. The van der Waals surface area contributed by atoms with Crippen LogP contribution in [0.5, 0.6) is 0 Å². The first-order valence-electron chi connectivity index (χ1n) is 3.80. The van der Waals surface area contributed by atoms with Crippen molar-refractivity contribution in [3.8, 4) is 6.07 Å². The van der Waals surface area contributed by atoms with E-state index in [1.165, 1.54) is 6.26 Å². The fourth-order valence-corrected chi connectivity index (χ4v) is 0.818. The van der Waals surface area contributed by atoms with Gasteiger partial charge in [-0.3, -0.25) is 4.79 Å². The summed E-state index contributed by atoms with van der Waals surface area (Å²) in [5.74, 6) is -0.233. The van der Waals surface area contributed by atoms with E-state index in [9.17, 15) is 4.79 Å². The van der Waals surface area contributed by atoms with Gasteiger partial charge in [-0.25, -0.2) is 0 Å². The van der Waals surface area contributed by atoms with Crippen molar-refractivity contribution in [2.45, 2.75) is 19.4 Å². The number of hydrogen-bond acceptors (Lipinski definition) is 4. The van der Waals surface area contributed by atoms with Gasteiger partial charge in [-0.15, -0.1) is 0 Å². The molecule has 0 radical (unpaired) electrons. The van der Waals surface area contributed by atoms with Crippen molar-refractivity contribution in [1.82, 2.24) is 10.5 Å². The minimum absolute atomic E-state index is 0.141. The molecule has 1 amide bonds. The Hall–Kier alpha value is -1.83. The van der Waals surface area contributed by atoms with Crippen LogP contribution in [0.3, 0.4) is 0 Å². The van der Waals surface area contributed by atoms with Gasteiger partial charge in [0, 0.05) is 6.07 Å². The molecule has 0 saturated carbocycles. The molecule has 0 bridgehead atoms. The largest absolute Gasteiger partial charge is 0.364 e. The zero-order valence-electron chi connectivity index (χ0n) is 7.15. The van der Waals surface area contributed by atoms with Gasteiger partial charge in [-0.1, -0.05) is 5.16 Å². The summed E-state index contributed by atoms with van der Waals surface area (Å²) in [4.78, 5) is 11.1. The van der Waals surface area contributed by atoms with E-state index < -0.39 is 6.04 Å². The van der Waals surface area contributed by atoms with Crippen LogP contribution in [0.4, 0.5) is 0 Å². The van der Waals surface area contributed by atoms with E-state index >= 15 is 0 Å². The van der Waals surface area contributed by atoms with Gasteiger partial charge in [0.1, 0.15) is 12.3 Å². The zero-order valence-corrected chi connectivity index (χ0v) is 7.15. The van der Waals surface area contributed by atoms with Crippen LogP contribution in [0, 0.1) is 11.3 Å². The summed E-state index contributed by atoms with van der Waals surface area (Å²) in [6.45, 7) is 1.61. The summed E-state index contributed by atoms with van der Waals surface area (Å²) in [6, 6.07) is 3.03. The summed E-state index contributed by atoms with van der Waals surface area (Å²) < 4.78 is 4.55. The van der Waals surface area contributed by atoms with E-state index in [0.717, 1.165) is 0 Å². The molecule has 1 N–H and O–H groups in total. The molecule has 0 aliphatic rings. The molecule has 13 heavy (non-hydrogen) atoms. The minimum atomic E-state index is -0.473. The molecule has 68 valence electrons. The summed E-state index contributed by atoms with van der Waals surface area (Å²) >= 11 is 0. The molecule has 0 fully saturated rings. The lowest BCUT2D eigenvalue weighted by molar-refractivity contribution is -0.120. The first-order chi connectivity index (χ1) is 6.22. The Labute approximate surface area is 75.3 Å². The van der Waals surface area contributed by atoms with Crippen molar-refractivity contribution in [1.29, 1.82) is 5.26 Å². The first-order valence-corrected chi connectivity index (χ1v) is 3.80. The van der Waals surface area contributed by atoms with E-state index in [-0.39, 0.29) is 12.3 Å². The Morgan fingerprint density at radius 1 is 1.92 bits per heavy atom. The normalized spacial score (nSPS) is 11.7. The number of nitrogens with one attached hydrogen (secondary N) is 1. The highest BCUT2D eigenvalue weighted by Gasteiger charge is 2.08. The number of hydrogen-bond donors (Lipinski definition) is 1. The van der Waals surface area contributed by atoms with Crippen molar-refractivity contribution in [3.63, 3.8) is 0 Å². The number of amides is 1. The second-order valence-corrected chi connectivity index (χ2v) is 2.59. The highest BCUT2D eigenvalue weighted by molar-refractivity contribution is 5.78. The van der Waals surface area contributed by atoms with Crippen molar-refractivity contribution >= 4 is 5.91 Å². The SMILES string of the molecule is CC(C#N)NC(=O)Cc1ccon1. The average Bonchev–Trinajstić information content (AvgIpc) is 2.56. The standard InChI is InChI=1S/C8H9N3O2/c1-6(5-9)10-8(12)4-7-2-3-13-11-7/h2-3,6H,4H2,1H3,(H,10,12). The van der Waals surface area contributed by atoms with E-state index in [0.29, 0.717) is 5.69 Å². The molecule has 1 atom stereocenters. The molecule has 0 spiro atoms. The van der Waals surface area contributed by atoms with Crippen LogP contribution < -0.4 is 5.32 Å². The molecule has 1 unspecified atom stereocenters. The maximum atomic E-state index is 11.1. The fourth-order valence-electron chi connectivity index (χ4n) is 0.818.